The molecule has 0 unspecified atom stereocenters. The van der Waals surface area contributed by atoms with Crippen molar-refractivity contribution in [1.82, 2.24) is 15.5 Å². The lowest BCUT2D eigenvalue weighted by Gasteiger charge is -2.31. The third-order valence-electron chi connectivity index (χ3n) is 3.25. The van der Waals surface area contributed by atoms with Gasteiger partial charge >= 0.3 is 0 Å². The molecule has 1 atom stereocenters. The molecule has 1 fully saturated rings. The summed E-state index contributed by atoms with van der Waals surface area (Å²) in [5.41, 5.74) is -0.144. The van der Waals surface area contributed by atoms with Crippen molar-refractivity contribution in [1.29, 1.82) is 0 Å². The highest BCUT2D eigenvalue weighted by molar-refractivity contribution is 5.96. The van der Waals surface area contributed by atoms with E-state index in [0.717, 1.165) is 12.1 Å². The Balaban J connectivity index is 0.00000242. The van der Waals surface area contributed by atoms with Gasteiger partial charge in [-0.1, -0.05) is 0 Å². The predicted molar refractivity (Wildman–Crippen MR) is 80.0 cm³/mol. The summed E-state index contributed by atoms with van der Waals surface area (Å²) in [6.45, 7) is 3.63. The van der Waals surface area contributed by atoms with Gasteiger partial charge in [-0.25, -0.2) is 8.78 Å². The van der Waals surface area contributed by atoms with Crippen LogP contribution in [0.1, 0.15) is 17.3 Å². The molecule has 2 rings (SSSR count). The summed E-state index contributed by atoms with van der Waals surface area (Å²) in [6, 6.07) is 2.74. The van der Waals surface area contributed by atoms with Crippen LogP contribution in [0.4, 0.5) is 8.78 Å². The molecule has 1 aromatic carbocycles. The number of piperazine rings is 1. The van der Waals surface area contributed by atoms with E-state index in [9.17, 15) is 18.4 Å². The van der Waals surface area contributed by atoms with E-state index >= 15 is 0 Å². The van der Waals surface area contributed by atoms with Crippen molar-refractivity contribution in [2.45, 2.75) is 13.0 Å². The lowest BCUT2D eigenvalue weighted by Crippen LogP contribution is -2.53. The summed E-state index contributed by atoms with van der Waals surface area (Å²) < 4.78 is 26.0. The molecule has 0 aromatic heterocycles. The Hall–Kier alpha value is -1.73. The van der Waals surface area contributed by atoms with E-state index in [1.807, 2.05) is 6.92 Å². The summed E-state index contributed by atoms with van der Waals surface area (Å²) in [5.74, 6) is -2.55. The van der Waals surface area contributed by atoms with Gasteiger partial charge in [-0.3, -0.25) is 9.59 Å². The lowest BCUT2D eigenvalue weighted by atomic mass is 10.2. The average molecular weight is 334 g/mol. The topological polar surface area (TPSA) is 61.4 Å². The molecule has 0 saturated carbocycles. The predicted octanol–water partition coefficient (Wildman–Crippen LogP) is 0.937. The minimum Gasteiger partial charge on any atom is -0.343 e. The number of nitrogens with zero attached hydrogens (tertiary/aromatic N) is 1. The van der Waals surface area contributed by atoms with Gasteiger partial charge in [0.1, 0.15) is 11.6 Å². The van der Waals surface area contributed by atoms with Gasteiger partial charge in [0, 0.05) is 37.3 Å². The molecule has 1 aliphatic heterocycles. The highest BCUT2D eigenvalue weighted by Crippen LogP contribution is 2.07. The van der Waals surface area contributed by atoms with Gasteiger partial charge in [0.15, 0.2) is 0 Å². The van der Waals surface area contributed by atoms with Crippen molar-refractivity contribution in [3.05, 3.63) is 35.4 Å². The molecular formula is C14H18ClF2N3O2. The first-order chi connectivity index (χ1) is 9.95. The van der Waals surface area contributed by atoms with Gasteiger partial charge in [-0.05, 0) is 19.1 Å². The van der Waals surface area contributed by atoms with Crippen LogP contribution in [0.3, 0.4) is 0 Å². The molecule has 1 aliphatic rings. The molecule has 1 saturated heterocycles. The Morgan fingerprint density at radius 2 is 1.95 bits per heavy atom. The summed E-state index contributed by atoms with van der Waals surface area (Å²) in [6.07, 6.45) is 0. The minimum atomic E-state index is -0.831. The fourth-order valence-corrected chi connectivity index (χ4v) is 2.21. The molecule has 0 aliphatic carbocycles. The highest BCUT2D eigenvalue weighted by Gasteiger charge is 2.20. The number of nitrogens with one attached hydrogen (secondary N) is 2. The van der Waals surface area contributed by atoms with E-state index in [1.165, 1.54) is 0 Å². The molecule has 8 heteroatoms. The van der Waals surface area contributed by atoms with Crippen molar-refractivity contribution in [2.75, 3.05) is 26.2 Å². The summed E-state index contributed by atoms with van der Waals surface area (Å²) >= 11 is 0. The van der Waals surface area contributed by atoms with Crippen molar-refractivity contribution in [2.24, 2.45) is 0 Å². The van der Waals surface area contributed by atoms with E-state index in [0.29, 0.717) is 25.7 Å². The second-order valence-electron chi connectivity index (χ2n) is 5.04. The fourth-order valence-electron chi connectivity index (χ4n) is 2.21. The molecule has 2 N–H and O–H groups in total. The van der Waals surface area contributed by atoms with Crippen molar-refractivity contribution in [3.8, 4) is 0 Å². The van der Waals surface area contributed by atoms with Gasteiger partial charge in [-0.2, -0.15) is 0 Å². The molecule has 0 bridgehead atoms. The Labute approximate surface area is 133 Å². The van der Waals surface area contributed by atoms with Crippen LogP contribution in [-0.4, -0.2) is 48.9 Å². The molecule has 0 radical (unpaired) electrons. The van der Waals surface area contributed by atoms with Crippen LogP contribution in [0.5, 0.6) is 0 Å². The van der Waals surface area contributed by atoms with E-state index in [2.05, 4.69) is 10.6 Å². The monoisotopic (exact) mass is 333 g/mol. The van der Waals surface area contributed by atoms with Crippen LogP contribution < -0.4 is 10.6 Å². The number of rotatable bonds is 3. The molecule has 2 amide bonds. The maximum atomic E-state index is 13.0. The van der Waals surface area contributed by atoms with E-state index in [-0.39, 0.29) is 36.5 Å². The highest BCUT2D eigenvalue weighted by atomic mass is 35.5. The molecule has 0 spiro atoms. The Morgan fingerprint density at radius 3 is 2.55 bits per heavy atom. The molecule has 1 heterocycles. The molecule has 5 nitrogen and oxygen atoms in total. The smallest absolute Gasteiger partial charge is 0.251 e. The Morgan fingerprint density at radius 1 is 1.32 bits per heavy atom. The maximum absolute atomic E-state index is 13.0. The number of benzene rings is 1. The maximum Gasteiger partial charge on any atom is 0.251 e. The van der Waals surface area contributed by atoms with Gasteiger partial charge in [0.05, 0.1) is 6.54 Å². The zero-order chi connectivity index (χ0) is 15.4. The zero-order valence-electron chi connectivity index (χ0n) is 12.1. The first-order valence-corrected chi connectivity index (χ1v) is 6.71. The van der Waals surface area contributed by atoms with Crippen molar-refractivity contribution < 1.29 is 18.4 Å². The van der Waals surface area contributed by atoms with E-state index in [1.54, 1.807) is 4.90 Å². The minimum absolute atomic E-state index is 0. The van der Waals surface area contributed by atoms with Crippen LogP contribution in [0, 0.1) is 11.6 Å². The zero-order valence-corrected chi connectivity index (χ0v) is 12.9. The van der Waals surface area contributed by atoms with Gasteiger partial charge < -0.3 is 15.5 Å². The number of hydrogen-bond acceptors (Lipinski definition) is 3. The summed E-state index contributed by atoms with van der Waals surface area (Å²) in [7, 11) is 0. The first kappa shape index (κ1) is 18.3. The summed E-state index contributed by atoms with van der Waals surface area (Å²) in [4.78, 5) is 25.4. The number of carbonyl (C=O) groups excluding carboxylic acids is 2. The first-order valence-electron chi connectivity index (χ1n) is 6.71. The normalized spacial score (nSPS) is 17.6. The summed E-state index contributed by atoms with van der Waals surface area (Å²) in [5, 5.41) is 5.59. The Kier molecular flexibility index (Phi) is 6.70. The lowest BCUT2D eigenvalue weighted by molar-refractivity contribution is -0.131. The quantitative estimate of drug-likeness (QED) is 0.865. The van der Waals surface area contributed by atoms with Crippen molar-refractivity contribution >= 4 is 24.2 Å². The molecule has 1 aromatic rings. The third kappa shape index (κ3) is 4.92. The second-order valence-corrected chi connectivity index (χ2v) is 5.04. The Bertz CT molecular complexity index is 537. The molecular weight excluding hydrogens is 316 g/mol. The van der Waals surface area contributed by atoms with Gasteiger partial charge in [0.25, 0.3) is 5.91 Å². The molecule has 22 heavy (non-hydrogen) atoms. The van der Waals surface area contributed by atoms with Crippen LogP contribution >= 0.6 is 12.4 Å². The number of amides is 2. The standard InChI is InChI=1S/C14H17F2N3O2.ClH/c1-9-8-19(3-2-17-9)13(20)7-18-14(21)10-4-11(15)6-12(16)5-10;/h4-6,9,17H,2-3,7-8H2,1H3,(H,18,21);1H/t9-;/m1./s1. The van der Waals surface area contributed by atoms with Gasteiger partial charge in [-0.15, -0.1) is 12.4 Å². The van der Waals surface area contributed by atoms with Crippen LogP contribution in [0.25, 0.3) is 0 Å². The van der Waals surface area contributed by atoms with Gasteiger partial charge in [0.2, 0.25) is 5.91 Å². The third-order valence-corrected chi connectivity index (χ3v) is 3.25. The van der Waals surface area contributed by atoms with E-state index < -0.39 is 17.5 Å². The number of carbonyl (C=O) groups is 2. The number of halogens is 3. The van der Waals surface area contributed by atoms with E-state index in [4.69, 9.17) is 0 Å². The SMILES string of the molecule is C[C@@H]1CN(C(=O)CNC(=O)c2cc(F)cc(F)c2)CCN1.Cl. The molecule has 122 valence electrons. The van der Waals surface area contributed by atoms with Crippen LogP contribution in [-0.2, 0) is 4.79 Å². The largest absolute Gasteiger partial charge is 0.343 e. The van der Waals surface area contributed by atoms with Crippen LogP contribution in [0.2, 0.25) is 0 Å². The second kappa shape index (κ2) is 8.05. The van der Waals surface area contributed by atoms with Crippen LogP contribution in [0.15, 0.2) is 18.2 Å². The number of hydrogen-bond donors (Lipinski definition) is 2. The average Bonchev–Trinajstić information content (AvgIpc) is 2.43. The fraction of sp³-hybridized carbons (Fsp3) is 0.429. The van der Waals surface area contributed by atoms with Crippen molar-refractivity contribution in [3.63, 3.8) is 0 Å².